The van der Waals surface area contributed by atoms with Crippen molar-refractivity contribution in [3.05, 3.63) is 24.8 Å². The van der Waals surface area contributed by atoms with Gasteiger partial charge in [0.2, 0.25) is 0 Å². The van der Waals surface area contributed by atoms with E-state index in [1.165, 1.54) is 4.90 Å². The lowest BCUT2D eigenvalue weighted by Crippen LogP contribution is -2.61. The second kappa shape index (κ2) is 4.54. The molecule has 1 aliphatic heterocycles. The average molecular weight is 459 g/mol. The van der Waals surface area contributed by atoms with Crippen LogP contribution in [0, 0.1) is 7.14 Å². The molecule has 1 aliphatic rings. The molecule has 2 N–H and O–H groups in total. The van der Waals surface area contributed by atoms with E-state index in [1.54, 1.807) is 19.1 Å². The van der Waals surface area contributed by atoms with Crippen LogP contribution in [-0.4, -0.2) is 39.7 Å². The number of phenolic OH excluding ortho intramolecular Hbond substituents is 1. The molecule has 0 radical (unpaired) electrons. The smallest absolute Gasteiger partial charge is 0.257 e. The predicted molar refractivity (Wildman–Crippen MR) is 80.1 cm³/mol. The van der Waals surface area contributed by atoms with E-state index in [0.717, 1.165) is 3.57 Å². The molecule has 17 heavy (non-hydrogen) atoms. The highest BCUT2D eigenvalue weighted by Crippen LogP contribution is 2.30. The van der Waals surface area contributed by atoms with Crippen molar-refractivity contribution in [2.45, 2.75) is 12.5 Å². The van der Waals surface area contributed by atoms with Gasteiger partial charge in [0.1, 0.15) is 5.75 Å². The number of carbonyl (C=O) groups is 1. The van der Waals surface area contributed by atoms with E-state index in [-0.39, 0.29) is 11.7 Å². The quantitative estimate of drug-likeness (QED) is 0.631. The van der Waals surface area contributed by atoms with E-state index in [1.807, 2.05) is 22.6 Å². The number of aliphatic hydroxyl groups is 1. The van der Waals surface area contributed by atoms with Crippen LogP contribution in [0.25, 0.3) is 0 Å². The number of rotatable bonds is 1. The molecule has 6 heteroatoms. The van der Waals surface area contributed by atoms with Gasteiger partial charge in [-0.05, 0) is 64.2 Å². The largest absolute Gasteiger partial charge is 0.506 e. The number of hydrogen-bond acceptors (Lipinski definition) is 3. The summed E-state index contributed by atoms with van der Waals surface area (Å²) in [7, 11) is 0. The maximum atomic E-state index is 12.1. The molecule has 0 aliphatic carbocycles. The van der Waals surface area contributed by atoms with E-state index in [4.69, 9.17) is 0 Å². The minimum Gasteiger partial charge on any atom is -0.506 e. The van der Waals surface area contributed by atoms with Crippen molar-refractivity contribution in [1.29, 1.82) is 0 Å². The van der Waals surface area contributed by atoms with Crippen LogP contribution < -0.4 is 0 Å². The van der Waals surface area contributed by atoms with Crippen molar-refractivity contribution in [2.24, 2.45) is 0 Å². The summed E-state index contributed by atoms with van der Waals surface area (Å²) in [5.74, 6) is -0.215. The Morgan fingerprint density at radius 1 is 1.41 bits per heavy atom. The first-order chi connectivity index (χ1) is 7.80. The van der Waals surface area contributed by atoms with Gasteiger partial charge in [-0.1, -0.05) is 0 Å². The molecule has 92 valence electrons. The fourth-order valence-corrected chi connectivity index (χ4v) is 3.66. The number of phenols is 1. The SMILES string of the molecule is CC1(O)CN(C(=O)c2cc(I)cc(I)c2O)C1. The summed E-state index contributed by atoms with van der Waals surface area (Å²) in [6, 6.07) is 3.47. The van der Waals surface area contributed by atoms with Gasteiger partial charge in [-0.15, -0.1) is 0 Å². The van der Waals surface area contributed by atoms with Crippen LogP contribution in [0.2, 0.25) is 0 Å². The number of aromatic hydroxyl groups is 1. The van der Waals surface area contributed by atoms with Crippen molar-refractivity contribution < 1.29 is 15.0 Å². The summed E-state index contributed by atoms with van der Waals surface area (Å²) in [6.07, 6.45) is 0. The fourth-order valence-electron chi connectivity index (χ4n) is 1.82. The number of benzene rings is 1. The van der Waals surface area contributed by atoms with E-state index >= 15 is 0 Å². The van der Waals surface area contributed by atoms with E-state index in [0.29, 0.717) is 22.2 Å². The Labute approximate surface area is 126 Å². The van der Waals surface area contributed by atoms with Crippen molar-refractivity contribution >= 4 is 51.1 Å². The van der Waals surface area contributed by atoms with Crippen LogP contribution in [0.1, 0.15) is 17.3 Å². The third-order valence-corrected chi connectivity index (χ3v) is 4.05. The van der Waals surface area contributed by atoms with Crippen molar-refractivity contribution in [1.82, 2.24) is 4.90 Å². The first-order valence-electron chi connectivity index (χ1n) is 5.00. The lowest BCUT2D eigenvalue weighted by Gasteiger charge is -2.44. The average Bonchev–Trinajstić information content (AvgIpc) is 2.18. The normalized spacial score (nSPS) is 17.8. The maximum absolute atomic E-state index is 12.1. The number of likely N-dealkylation sites (tertiary alicyclic amines) is 1. The van der Waals surface area contributed by atoms with Gasteiger partial charge in [-0.2, -0.15) is 0 Å². The topological polar surface area (TPSA) is 60.8 Å². The molecule has 0 bridgehead atoms. The monoisotopic (exact) mass is 459 g/mol. The standard InChI is InChI=1S/C11H11I2NO3/c1-11(17)4-14(5-11)10(16)7-2-6(12)3-8(13)9(7)15/h2-3,15,17H,4-5H2,1H3. The highest BCUT2D eigenvalue weighted by molar-refractivity contribution is 14.1. The molecular formula is C11H11I2NO3. The van der Waals surface area contributed by atoms with Gasteiger partial charge in [-0.25, -0.2) is 0 Å². The number of carbonyl (C=O) groups excluding carboxylic acids is 1. The first kappa shape index (κ1) is 13.3. The van der Waals surface area contributed by atoms with Crippen LogP contribution in [0.5, 0.6) is 5.75 Å². The summed E-state index contributed by atoms with van der Waals surface area (Å²) in [6.45, 7) is 2.32. The Morgan fingerprint density at radius 3 is 2.53 bits per heavy atom. The van der Waals surface area contributed by atoms with Crippen LogP contribution in [-0.2, 0) is 0 Å². The van der Waals surface area contributed by atoms with Crippen LogP contribution in [0.4, 0.5) is 0 Å². The zero-order chi connectivity index (χ0) is 12.8. The molecule has 0 unspecified atom stereocenters. The van der Waals surface area contributed by atoms with Gasteiger partial charge in [0.25, 0.3) is 5.91 Å². The molecule has 4 nitrogen and oxygen atoms in total. The van der Waals surface area contributed by atoms with Crippen LogP contribution in [0.3, 0.4) is 0 Å². The highest BCUT2D eigenvalue weighted by atomic mass is 127. The Bertz CT molecular complexity index is 480. The van der Waals surface area contributed by atoms with Crippen LogP contribution in [0.15, 0.2) is 12.1 Å². The molecule has 0 atom stereocenters. The molecule has 0 saturated carbocycles. The van der Waals surface area contributed by atoms with Gasteiger partial charge < -0.3 is 15.1 Å². The summed E-state index contributed by atoms with van der Waals surface area (Å²) < 4.78 is 1.56. The number of β-amino-alcohol motifs (C(OH)–C–C–N with tert-alkyl or cyclic N) is 1. The van der Waals surface area contributed by atoms with E-state index in [9.17, 15) is 15.0 Å². The molecule has 1 fully saturated rings. The third-order valence-electron chi connectivity index (χ3n) is 2.61. The molecular weight excluding hydrogens is 448 g/mol. The van der Waals surface area contributed by atoms with Crippen molar-refractivity contribution in [2.75, 3.05) is 13.1 Å². The Hall–Kier alpha value is -0.0900. The predicted octanol–water partition coefficient (Wildman–Crippen LogP) is 1.81. The van der Waals surface area contributed by atoms with Gasteiger partial charge in [0, 0.05) is 3.57 Å². The highest BCUT2D eigenvalue weighted by Gasteiger charge is 2.40. The second-order valence-corrected chi connectivity index (χ2v) is 6.85. The third kappa shape index (κ3) is 2.68. The maximum Gasteiger partial charge on any atom is 0.257 e. The molecule has 1 heterocycles. The van der Waals surface area contributed by atoms with E-state index in [2.05, 4.69) is 22.6 Å². The Morgan fingerprint density at radius 2 is 2.00 bits per heavy atom. The minimum absolute atomic E-state index is 0.0163. The molecule has 0 aromatic heterocycles. The molecule has 1 amide bonds. The van der Waals surface area contributed by atoms with E-state index < -0.39 is 5.60 Å². The van der Waals surface area contributed by atoms with Crippen molar-refractivity contribution in [3.8, 4) is 5.75 Å². The van der Waals surface area contributed by atoms with Gasteiger partial charge in [0.15, 0.2) is 0 Å². The van der Waals surface area contributed by atoms with Gasteiger partial charge >= 0.3 is 0 Å². The number of hydrogen-bond donors (Lipinski definition) is 2. The Balaban J connectivity index is 2.26. The molecule has 1 aromatic rings. The van der Waals surface area contributed by atoms with Gasteiger partial charge in [-0.3, -0.25) is 4.79 Å². The molecule has 0 spiro atoms. The summed E-state index contributed by atoms with van der Waals surface area (Å²) in [5.41, 5.74) is -0.489. The first-order valence-corrected chi connectivity index (χ1v) is 7.15. The molecule has 2 rings (SSSR count). The number of nitrogens with zero attached hydrogens (tertiary/aromatic N) is 1. The Kier molecular flexibility index (Phi) is 3.56. The minimum atomic E-state index is -0.791. The summed E-state index contributed by atoms with van der Waals surface area (Å²) in [5, 5.41) is 19.5. The summed E-state index contributed by atoms with van der Waals surface area (Å²) in [4.78, 5) is 13.6. The zero-order valence-corrected chi connectivity index (χ0v) is 13.4. The lowest BCUT2D eigenvalue weighted by molar-refractivity contribution is -0.0669. The lowest BCUT2D eigenvalue weighted by atomic mass is 9.96. The molecule has 1 saturated heterocycles. The zero-order valence-electron chi connectivity index (χ0n) is 9.07. The molecule has 1 aromatic carbocycles. The second-order valence-electron chi connectivity index (χ2n) is 4.44. The number of halogens is 2. The van der Waals surface area contributed by atoms with Crippen LogP contribution >= 0.6 is 45.2 Å². The van der Waals surface area contributed by atoms with Gasteiger partial charge in [0.05, 0.1) is 27.8 Å². The summed E-state index contributed by atoms with van der Waals surface area (Å²) >= 11 is 4.10. The number of amides is 1. The fraction of sp³-hybridized carbons (Fsp3) is 0.364. The van der Waals surface area contributed by atoms with Crippen molar-refractivity contribution in [3.63, 3.8) is 0 Å².